The van der Waals surface area contributed by atoms with E-state index >= 15 is 0 Å². The van der Waals surface area contributed by atoms with Crippen LogP contribution >= 0.6 is 0 Å². The maximum atomic E-state index is 5.95. The van der Waals surface area contributed by atoms with Crippen LogP contribution in [0, 0.1) is 0 Å². The molecule has 0 saturated heterocycles. The van der Waals surface area contributed by atoms with Gasteiger partial charge in [0.1, 0.15) is 0 Å². The molecule has 0 saturated carbocycles. The molecule has 1 aromatic carbocycles. The summed E-state index contributed by atoms with van der Waals surface area (Å²) in [4.78, 5) is 0. The van der Waals surface area contributed by atoms with Crippen LogP contribution in [0.15, 0.2) is 55.1 Å². The van der Waals surface area contributed by atoms with Gasteiger partial charge < -0.3 is 4.74 Å². The van der Waals surface area contributed by atoms with Crippen molar-refractivity contribution < 1.29 is 4.74 Å². The van der Waals surface area contributed by atoms with Crippen molar-refractivity contribution in [2.75, 3.05) is 0 Å². The van der Waals surface area contributed by atoms with E-state index in [-0.39, 0.29) is 12.2 Å². The van der Waals surface area contributed by atoms with Crippen molar-refractivity contribution >= 4 is 0 Å². The van der Waals surface area contributed by atoms with Gasteiger partial charge in [0.05, 0.1) is 12.2 Å². The maximum absolute atomic E-state index is 5.95. The van der Waals surface area contributed by atoms with E-state index in [1.807, 2.05) is 12.1 Å². The van der Waals surface area contributed by atoms with Crippen molar-refractivity contribution in [1.29, 1.82) is 0 Å². The highest BCUT2D eigenvalue weighted by molar-refractivity contribution is 5.19. The molecule has 78 valence electrons. The van der Waals surface area contributed by atoms with Crippen LogP contribution in [0.1, 0.15) is 24.5 Å². The first-order valence-electron chi connectivity index (χ1n) is 5.38. The molecule has 0 aliphatic carbocycles. The third-order valence-corrected chi connectivity index (χ3v) is 2.61. The Balaban J connectivity index is 2.07. The fourth-order valence-corrected chi connectivity index (χ4v) is 1.85. The zero-order valence-corrected chi connectivity index (χ0v) is 8.80. The first-order valence-corrected chi connectivity index (χ1v) is 5.38. The van der Waals surface area contributed by atoms with E-state index in [2.05, 4.69) is 43.0 Å². The SMILES string of the molecule is C=CC[C@@H]1C=CC[C@@H](c2ccccc2)O1. The van der Waals surface area contributed by atoms with Gasteiger partial charge in [-0.15, -0.1) is 6.58 Å². The van der Waals surface area contributed by atoms with Gasteiger partial charge in [-0.05, 0) is 18.4 Å². The Labute approximate surface area is 91.1 Å². The monoisotopic (exact) mass is 200 g/mol. The molecule has 1 aromatic rings. The number of hydrogen-bond acceptors (Lipinski definition) is 1. The van der Waals surface area contributed by atoms with Gasteiger partial charge in [-0.1, -0.05) is 48.6 Å². The summed E-state index contributed by atoms with van der Waals surface area (Å²) in [6.07, 6.45) is 8.50. The van der Waals surface area contributed by atoms with Crippen LogP contribution < -0.4 is 0 Å². The molecule has 1 heterocycles. The van der Waals surface area contributed by atoms with Crippen molar-refractivity contribution in [1.82, 2.24) is 0 Å². The van der Waals surface area contributed by atoms with Crippen LogP contribution in [0.25, 0.3) is 0 Å². The van der Waals surface area contributed by atoms with Gasteiger partial charge in [-0.2, -0.15) is 0 Å². The molecule has 0 spiro atoms. The highest BCUT2D eigenvalue weighted by atomic mass is 16.5. The summed E-state index contributed by atoms with van der Waals surface area (Å²) in [5, 5.41) is 0. The first-order chi connectivity index (χ1) is 7.40. The Kier molecular flexibility index (Phi) is 3.36. The van der Waals surface area contributed by atoms with Crippen molar-refractivity contribution in [3.05, 3.63) is 60.7 Å². The van der Waals surface area contributed by atoms with E-state index < -0.39 is 0 Å². The predicted molar refractivity (Wildman–Crippen MR) is 62.6 cm³/mol. The van der Waals surface area contributed by atoms with Crippen molar-refractivity contribution in [2.45, 2.75) is 25.0 Å². The van der Waals surface area contributed by atoms with Crippen molar-refractivity contribution in [3.63, 3.8) is 0 Å². The van der Waals surface area contributed by atoms with E-state index in [1.165, 1.54) is 5.56 Å². The van der Waals surface area contributed by atoms with Crippen molar-refractivity contribution in [3.8, 4) is 0 Å². The van der Waals surface area contributed by atoms with Crippen LogP contribution in [-0.4, -0.2) is 6.10 Å². The standard InChI is InChI=1S/C14H16O/c1-2-7-13-10-6-11-14(15-13)12-8-4-3-5-9-12/h2-6,8-10,13-14H,1,7,11H2/t13-,14+/m1/s1. The zero-order valence-electron chi connectivity index (χ0n) is 8.80. The summed E-state index contributed by atoms with van der Waals surface area (Å²) in [5.74, 6) is 0. The minimum absolute atomic E-state index is 0.196. The van der Waals surface area contributed by atoms with E-state index in [9.17, 15) is 0 Å². The fraction of sp³-hybridized carbons (Fsp3) is 0.286. The highest BCUT2D eigenvalue weighted by Crippen LogP contribution is 2.28. The fourth-order valence-electron chi connectivity index (χ4n) is 1.85. The summed E-state index contributed by atoms with van der Waals surface area (Å²) in [5.41, 5.74) is 1.26. The topological polar surface area (TPSA) is 9.23 Å². The lowest BCUT2D eigenvalue weighted by Crippen LogP contribution is -2.17. The lowest BCUT2D eigenvalue weighted by molar-refractivity contribution is 0.00667. The minimum atomic E-state index is 0.196. The molecule has 2 atom stereocenters. The third kappa shape index (κ3) is 2.57. The lowest BCUT2D eigenvalue weighted by Gasteiger charge is -2.25. The Hall–Kier alpha value is -1.34. The largest absolute Gasteiger partial charge is 0.366 e. The van der Waals surface area contributed by atoms with Crippen LogP contribution in [0.4, 0.5) is 0 Å². The van der Waals surface area contributed by atoms with Gasteiger partial charge >= 0.3 is 0 Å². The molecular formula is C14H16O. The number of hydrogen-bond donors (Lipinski definition) is 0. The molecule has 0 radical (unpaired) electrons. The molecule has 0 unspecified atom stereocenters. The second-order valence-corrected chi connectivity index (χ2v) is 3.76. The van der Waals surface area contributed by atoms with Gasteiger partial charge in [0.25, 0.3) is 0 Å². The number of benzene rings is 1. The predicted octanol–water partition coefficient (Wildman–Crippen LogP) is 3.65. The third-order valence-electron chi connectivity index (χ3n) is 2.61. The molecule has 1 heteroatoms. The average Bonchev–Trinajstić information content (AvgIpc) is 2.31. The lowest BCUT2D eigenvalue weighted by atomic mass is 10.0. The molecule has 15 heavy (non-hydrogen) atoms. The quantitative estimate of drug-likeness (QED) is 0.677. The van der Waals surface area contributed by atoms with Gasteiger partial charge in [0.2, 0.25) is 0 Å². The summed E-state index contributed by atoms with van der Waals surface area (Å²) in [6.45, 7) is 3.74. The molecule has 2 rings (SSSR count). The zero-order chi connectivity index (χ0) is 10.5. The number of ether oxygens (including phenoxy) is 1. The summed E-state index contributed by atoms with van der Waals surface area (Å²) in [7, 11) is 0. The Morgan fingerprint density at radius 1 is 1.33 bits per heavy atom. The molecule has 0 fully saturated rings. The summed E-state index contributed by atoms with van der Waals surface area (Å²) < 4.78 is 5.95. The molecule has 0 aromatic heterocycles. The van der Waals surface area contributed by atoms with Crippen LogP contribution in [-0.2, 0) is 4.74 Å². The Bertz CT molecular complexity index is 340. The highest BCUT2D eigenvalue weighted by Gasteiger charge is 2.18. The van der Waals surface area contributed by atoms with Crippen LogP contribution in [0.3, 0.4) is 0 Å². The maximum Gasteiger partial charge on any atom is 0.0867 e. The first kappa shape index (κ1) is 10.2. The Morgan fingerprint density at radius 3 is 2.87 bits per heavy atom. The van der Waals surface area contributed by atoms with Crippen LogP contribution in [0.2, 0.25) is 0 Å². The van der Waals surface area contributed by atoms with Gasteiger partial charge in [-0.3, -0.25) is 0 Å². The van der Waals surface area contributed by atoms with Gasteiger partial charge in [0, 0.05) is 0 Å². The van der Waals surface area contributed by atoms with E-state index in [1.54, 1.807) is 0 Å². The van der Waals surface area contributed by atoms with E-state index in [0.29, 0.717) is 0 Å². The van der Waals surface area contributed by atoms with E-state index in [4.69, 9.17) is 4.74 Å². The van der Waals surface area contributed by atoms with Gasteiger partial charge in [0.15, 0.2) is 0 Å². The summed E-state index contributed by atoms with van der Waals surface area (Å²) in [6, 6.07) is 10.4. The smallest absolute Gasteiger partial charge is 0.0867 e. The number of rotatable bonds is 3. The van der Waals surface area contributed by atoms with Crippen LogP contribution in [0.5, 0.6) is 0 Å². The molecule has 1 aliphatic heterocycles. The van der Waals surface area contributed by atoms with E-state index in [0.717, 1.165) is 12.8 Å². The molecule has 1 nitrogen and oxygen atoms in total. The summed E-state index contributed by atoms with van der Waals surface area (Å²) >= 11 is 0. The van der Waals surface area contributed by atoms with Crippen molar-refractivity contribution in [2.24, 2.45) is 0 Å². The second kappa shape index (κ2) is 4.94. The molecule has 1 aliphatic rings. The molecular weight excluding hydrogens is 184 g/mol. The average molecular weight is 200 g/mol. The minimum Gasteiger partial charge on any atom is -0.366 e. The van der Waals surface area contributed by atoms with Gasteiger partial charge in [-0.25, -0.2) is 0 Å². The molecule has 0 N–H and O–H groups in total. The molecule has 0 amide bonds. The normalized spacial score (nSPS) is 25.1. The second-order valence-electron chi connectivity index (χ2n) is 3.76. The molecule has 0 bridgehead atoms. The Morgan fingerprint density at radius 2 is 2.13 bits per heavy atom.